The van der Waals surface area contributed by atoms with E-state index < -0.39 is 36.5 Å². The van der Waals surface area contributed by atoms with Gasteiger partial charge in [0.05, 0.1) is 19.0 Å². The third kappa shape index (κ3) is 5.30. The van der Waals surface area contributed by atoms with Crippen LogP contribution >= 0.6 is 0 Å². The van der Waals surface area contributed by atoms with Crippen LogP contribution in [0, 0.1) is 0 Å². The molecule has 0 saturated carbocycles. The van der Waals surface area contributed by atoms with Gasteiger partial charge in [-0.2, -0.15) is 0 Å². The molecule has 21 heavy (non-hydrogen) atoms. The average Bonchev–Trinajstić information content (AvgIpc) is 2.81. The first-order valence-electron chi connectivity index (χ1n) is 6.41. The van der Waals surface area contributed by atoms with Crippen molar-refractivity contribution in [1.82, 2.24) is 10.2 Å². The van der Waals surface area contributed by atoms with Crippen molar-refractivity contribution in [2.75, 3.05) is 20.1 Å². The van der Waals surface area contributed by atoms with E-state index >= 15 is 0 Å². The van der Waals surface area contributed by atoms with E-state index in [4.69, 9.17) is 10.8 Å². The average molecular weight is 298 g/mol. The third-order valence-corrected chi connectivity index (χ3v) is 3.09. The number of nitrogens with two attached hydrogens (primary N) is 1. The summed E-state index contributed by atoms with van der Waals surface area (Å²) in [5, 5.41) is 11.2. The highest BCUT2D eigenvalue weighted by molar-refractivity contribution is 6.40. The molecule has 1 atom stereocenters. The van der Waals surface area contributed by atoms with Crippen molar-refractivity contribution < 1.29 is 24.3 Å². The van der Waals surface area contributed by atoms with Crippen LogP contribution in [0.3, 0.4) is 0 Å². The van der Waals surface area contributed by atoms with Gasteiger partial charge in [0.15, 0.2) is 0 Å². The lowest BCUT2D eigenvalue weighted by atomic mass is 10.2. The molecular formula is C12H18N4O5. The van der Waals surface area contributed by atoms with Crippen LogP contribution in [0.2, 0.25) is 0 Å². The van der Waals surface area contributed by atoms with Crippen molar-refractivity contribution in [3.05, 3.63) is 0 Å². The van der Waals surface area contributed by atoms with Crippen molar-refractivity contribution in [3.63, 3.8) is 0 Å². The number of primary amides is 1. The highest BCUT2D eigenvalue weighted by atomic mass is 16.4. The lowest BCUT2D eigenvalue weighted by molar-refractivity contribution is -0.130. The van der Waals surface area contributed by atoms with Crippen LogP contribution in [-0.2, 0) is 19.2 Å². The highest BCUT2D eigenvalue weighted by Gasteiger charge is 2.27. The molecule has 3 amide bonds. The van der Waals surface area contributed by atoms with Crippen LogP contribution < -0.4 is 11.1 Å². The first-order chi connectivity index (χ1) is 9.81. The lowest BCUT2D eigenvalue weighted by Gasteiger charge is -2.17. The van der Waals surface area contributed by atoms with E-state index in [0.717, 1.165) is 13.0 Å². The van der Waals surface area contributed by atoms with E-state index in [9.17, 15) is 19.2 Å². The minimum atomic E-state index is -1.50. The second kappa shape index (κ2) is 7.48. The Morgan fingerprint density at radius 3 is 2.52 bits per heavy atom. The molecular weight excluding hydrogens is 280 g/mol. The molecule has 1 aliphatic heterocycles. The molecule has 1 heterocycles. The summed E-state index contributed by atoms with van der Waals surface area (Å²) < 4.78 is 0. The third-order valence-electron chi connectivity index (χ3n) is 3.09. The molecule has 0 aliphatic carbocycles. The summed E-state index contributed by atoms with van der Waals surface area (Å²) in [4.78, 5) is 49.9. The van der Waals surface area contributed by atoms with Crippen LogP contribution in [0.25, 0.3) is 0 Å². The van der Waals surface area contributed by atoms with Crippen molar-refractivity contribution in [3.8, 4) is 0 Å². The molecule has 0 unspecified atom stereocenters. The number of carboxylic acid groups (broad SMARTS) is 1. The molecule has 0 aromatic rings. The molecule has 0 bridgehead atoms. The quantitative estimate of drug-likeness (QED) is 0.490. The summed E-state index contributed by atoms with van der Waals surface area (Å²) >= 11 is 0. The molecule has 116 valence electrons. The molecule has 0 spiro atoms. The maximum atomic E-state index is 11.8. The zero-order valence-electron chi connectivity index (χ0n) is 11.7. The van der Waals surface area contributed by atoms with E-state index in [1.165, 1.54) is 0 Å². The Balaban J connectivity index is 2.54. The molecule has 0 aromatic heterocycles. The second-order valence-corrected chi connectivity index (χ2v) is 4.76. The van der Waals surface area contributed by atoms with Gasteiger partial charge in [-0.15, -0.1) is 0 Å². The maximum absolute atomic E-state index is 11.8. The zero-order valence-corrected chi connectivity index (χ0v) is 11.7. The number of likely N-dealkylation sites (N-methyl/N-ethyl adjacent to an activating group) is 1. The van der Waals surface area contributed by atoms with Gasteiger partial charge in [0.25, 0.3) is 5.91 Å². The fourth-order valence-corrected chi connectivity index (χ4v) is 2.04. The summed E-state index contributed by atoms with van der Waals surface area (Å²) in [7, 11) is 1.81. The van der Waals surface area contributed by atoms with Crippen LogP contribution in [0.15, 0.2) is 4.99 Å². The SMILES string of the molecule is CN1CCC[C@H]1C(=O)NCC(=O)N=C(CC(N)=O)C(=O)O. The van der Waals surface area contributed by atoms with Gasteiger partial charge in [-0.05, 0) is 26.4 Å². The number of aliphatic imine (C=N–C) groups is 1. The predicted octanol–water partition coefficient (Wildman–Crippen LogP) is -1.88. The smallest absolute Gasteiger partial charge is 0.350 e. The Kier molecular flexibility index (Phi) is 5.97. The number of aliphatic carboxylic acids is 1. The molecule has 9 nitrogen and oxygen atoms in total. The van der Waals surface area contributed by atoms with Crippen molar-refractivity contribution in [2.45, 2.75) is 25.3 Å². The minimum Gasteiger partial charge on any atom is -0.477 e. The lowest BCUT2D eigenvalue weighted by Crippen LogP contribution is -2.43. The summed E-state index contributed by atoms with van der Waals surface area (Å²) in [6.07, 6.45) is 0.977. The molecule has 1 aliphatic rings. The predicted molar refractivity (Wildman–Crippen MR) is 72.6 cm³/mol. The van der Waals surface area contributed by atoms with Gasteiger partial charge in [-0.3, -0.25) is 19.3 Å². The Labute approximate surface area is 121 Å². The monoisotopic (exact) mass is 298 g/mol. The normalized spacial score (nSPS) is 19.3. The Morgan fingerprint density at radius 2 is 2.05 bits per heavy atom. The summed E-state index contributed by atoms with van der Waals surface area (Å²) in [6, 6.07) is -0.286. The van der Waals surface area contributed by atoms with E-state index in [2.05, 4.69) is 10.3 Å². The number of hydrogen-bond donors (Lipinski definition) is 3. The number of carboxylic acids is 1. The van der Waals surface area contributed by atoms with Crippen LogP contribution in [-0.4, -0.2) is 65.6 Å². The Morgan fingerprint density at radius 1 is 1.38 bits per heavy atom. The first-order valence-corrected chi connectivity index (χ1v) is 6.41. The van der Waals surface area contributed by atoms with Gasteiger partial charge in [-0.25, -0.2) is 9.79 Å². The van der Waals surface area contributed by atoms with E-state index in [-0.39, 0.29) is 11.9 Å². The van der Waals surface area contributed by atoms with Crippen molar-refractivity contribution in [1.29, 1.82) is 0 Å². The van der Waals surface area contributed by atoms with Gasteiger partial charge in [-0.1, -0.05) is 0 Å². The Hall–Kier alpha value is -2.29. The summed E-state index contributed by atoms with van der Waals surface area (Å²) in [5.41, 5.74) is 4.22. The topological polar surface area (TPSA) is 142 Å². The molecule has 1 saturated heterocycles. The number of carbonyl (C=O) groups excluding carboxylic acids is 3. The molecule has 0 aromatic carbocycles. The van der Waals surface area contributed by atoms with Gasteiger partial charge in [0, 0.05) is 0 Å². The minimum absolute atomic E-state index is 0.286. The van der Waals surface area contributed by atoms with Gasteiger partial charge >= 0.3 is 5.97 Å². The number of nitrogens with one attached hydrogen (secondary N) is 1. The fraction of sp³-hybridized carbons (Fsp3) is 0.583. The second-order valence-electron chi connectivity index (χ2n) is 4.76. The van der Waals surface area contributed by atoms with Crippen LogP contribution in [0.1, 0.15) is 19.3 Å². The van der Waals surface area contributed by atoms with E-state index in [1.54, 1.807) is 0 Å². The van der Waals surface area contributed by atoms with Gasteiger partial charge in [0.1, 0.15) is 5.71 Å². The van der Waals surface area contributed by atoms with Crippen molar-refractivity contribution in [2.24, 2.45) is 10.7 Å². The number of carbonyl (C=O) groups is 4. The maximum Gasteiger partial charge on any atom is 0.350 e. The Bertz CT molecular complexity index is 488. The number of likely N-dealkylation sites (tertiary alicyclic amines) is 1. The van der Waals surface area contributed by atoms with Crippen LogP contribution in [0.4, 0.5) is 0 Å². The van der Waals surface area contributed by atoms with Crippen LogP contribution in [0.5, 0.6) is 0 Å². The molecule has 1 rings (SSSR count). The first kappa shape index (κ1) is 16.8. The van der Waals surface area contributed by atoms with E-state index in [1.807, 2.05) is 11.9 Å². The van der Waals surface area contributed by atoms with Gasteiger partial charge < -0.3 is 16.2 Å². The number of hydrogen-bond acceptors (Lipinski definition) is 5. The number of amides is 3. The van der Waals surface area contributed by atoms with Crippen molar-refractivity contribution >= 4 is 29.4 Å². The molecule has 4 N–H and O–H groups in total. The fourth-order valence-electron chi connectivity index (χ4n) is 2.04. The molecule has 0 radical (unpaired) electrons. The summed E-state index contributed by atoms with van der Waals surface area (Å²) in [6.45, 7) is 0.394. The zero-order chi connectivity index (χ0) is 16.0. The number of rotatable bonds is 6. The number of nitrogens with zero attached hydrogens (tertiary/aromatic N) is 2. The standard InChI is InChI=1S/C12H18N4O5/c1-16-4-2-3-8(16)11(19)14-6-10(18)15-7(12(20)21)5-9(13)17/h8H,2-6H2,1H3,(H2,13,17)(H,14,19)(H,20,21)/t8-/m0/s1. The molecule has 9 heteroatoms. The summed E-state index contributed by atoms with van der Waals surface area (Å²) in [5.74, 6) is -3.54. The molecule has 1 fully saturated rings. The van der Waals surface area contributed by atoms with E-state index in [0.29, 0.717) is 6.42 Å². The largest absolute Gasteiger partial charge is 0.477 e. The highest BCUT2D eigenvalue weighted by Crippen LogP contribution is 2.14. The van der Waals surface area contributed by atoms with Gasteiger partial charge in [0.2, 0.25) is 11.8 Å².